The number of benzene rings is 1. The molecule has 3 N–H and O–H groups in total. The summed E-state index contributed by atoms with van der Waals surface area (Å²) in [6, 6.07) is 8.25. The van der Waals surface area contributed by atoms with Crippen LogP contribution in [-0.2, 0) is 14.6 Å². The van der Waals surface area contributed by atoms with Gasteiger partial charge in [0.25, 0.3) is 0 Å². The number of ether oxygens (including phenoxy) is 1. The minimum absolute atomic E-state index is 0.0779. The molecule has 0 aliphatic carbocycles. The lowest BCUT2D eigenvalue weighted by Crippen LogP contribution is -2.38. The second kappa shape index (κ2) is 6.48. The Kier molecular flexibility index (Phi) is 4.54. The number of hydrogen-bond acceptors (Lipinski definition) is 9. The van der Waals surface area contributed by atoms with E-state index in [1.54, 1.807) is 42.8 Å². The van der Waals surface area contributed by atoms with E-state index in [-0.39, 0.29) is 16.5 Å². The smallest absolute Gasteiger partial charge is 0.226 e. The van der Waals surface area contributed by atoms with Crippen molar-refractivity contribution < 1.29 is 13.2 Å². The number of nitrogens with two attached hydrogens (primary N) is 1. The van der Waals surface area contributed by atoms with Gasteiger partial charge in [-0.05, 0) is 24.1 Å². The standard InChI is InChI=1S/C14H17N5O3S2/c1-22-9-12-16-13-11(8-18(12)15)17-19(23-2)14(13)24(20,21)10-6-4-3-5-7-10/h3-8,17H,9,15H2,1-2H3. The third kappa shape index (κ3) is 2.77. The first kappa shape index (κ1) is 16.8. The number of amidine groups is 1. The molecule has 24 heavy (non-hydrogen) atoms. The van der Waals surface area contributed by atoms with Gasteiger partial charge in [-0.1, -0.05) is 18.2 Å². The number of rotatable bonds is 5. The molecule has 1 aromatic carbocycles. The molecule has 1 aromatic rings. The molecule has 0 saturated carbocycles. The van der Waals surface area contributed by atoms with Gasteiger partial charge in [0.15, 0.2) is 5.03 Å². The van der Waals surface area contributed by atoms with Crippen LogP contribution in [0.3, 0.4) is 0 Å². The largest absolute Gasteiger partial charge is 0.377 e. The first-order valence-electron chi connectivity index (χ1n) is 6.97. The summed E-state index contributed by atoms with van der Waals surface area (Å²) < 4.78 is 32.7. The van der Waals surface area contributed by atoms with Crippen molar-refractivity contribution in [2.45, 2.75) is 4.90 Å². The van der Waals surface area contributed by atoms with Crippen LogP contribution in [0.15, 0.2) is 62.8 Å². The molecule has 3 rings (SSSR count). The number of methoxy groups -OCH3 is 1. The van der Waals surface area contributed by atoms with Crippen LogP contribution in [0.5, 0.6) is 0 Å². The van der Waals surface area contributed by atoms with Crippen molar-refractivity contribution >= 4 is 27.6 Å². The van der Waals surface area contributed by atoms with Crippen molar-refractivity contribution in [1.29, 1.82) is 0 Å². The lowest BCUT2D eigenvalue weighted by atomic mass is 10.3. The number of nitrogens with one attached hydrogen (secondary N) is 1. The molecule has 0 amide bonds. The quantitative estimate of drug-likeness (QED) is 0.582. The van der Waals surface area contributed by atoms with E-state index in [2.05, 4.69) is 10.4 Å². The van der Waals surface area contributed by atoms with Gasteiger partial charge in [-0.3, -0.25) is 10.4 Å². The number of nitrogens with zero attached hydrogens (tertiary/aromatic N) is 3. The summed E-state index contributed by atoms with van der Waals surface area (Å²) in [7, 11) is -2.23. The number of sulfone groups is 1. The highest BCUT2D eigenvalue weighted by molar-refractivity contribution is 7.99. The molecule has 0 saturated heterocycles. The van der Waals surface area contributed by atoms with Gasteiger partial charge in [-0.2, -0.15) is 0 Å². The molecule has 0 fully saturated rings. The van der Waals surface area contributed by atoms with E-state index in [0.29, 0.717) is 17.2 Å². The number of hydrogen-bond donors (Lipinski definition) is 2. The molecule has 0 atom stereocenters. The molecular weight excluding hydrogens is 350 g/mol. The Morgan fingerprint density at radius 3 is 2.67 bits per heavy atom. The highest BCUT2D eigenvalue weighted by Gasteiger charge is 2.39. The van der Waals surface area contributed by atoms with Crippen LogP contribution < -0.4 is 11.3 Å². The molecular formula is C14H17N5O3S2. The Morgan fingerprint density at radius 1 is 1.33 bits per heavy atom. The Balaban J connectivity index is 2.17. The summed E-state index contributed by atoms with van der Waals surface area (Å²) in [5.41, 5.74) is 3.83. The van der Waals surface area contributed by atoms with E-state index in [4.69, 9.17) is 10.6 Å². The average molecular weight is 367 g/mol. The third-order valence-corrected chi connectivity index (χ3v) is 5.97. The monoisotopic (exact) mass is 367 g/mol. The predicted octanol–water partition coefficient (Wildman–Crippen LogP) is 0.803. The number of aliphatic imine (C=N–C) groups is 1. The van der Waals surface area contributed by atoms with Crippen LogP contribution in [0, 0.1) is 0 Å². The Labute approximate surface area is 144 Å². The first-order chi connectivity index (χ1) is 11.5. The van der Waals surface area contributed by atoms with Gasteiger partial charge < -0.3 is 4.74 Å². The SMILES string of the molecule is COCC1=NC2=C(S(=O)(=O)c3ccccc3)N(SC)NC2=CN1N. The van der Waals surface area contributed by atoms with Crippen molar-refractivity contribution in [2.24, 2.45) is 10.8 Å². The zero-order valence-corrected chi connectivity index (χ0v) is 14.8. The second-order valence-electron chi connectivity index (χ2n) is 4.97. The fourth-order valence-electron chi connectivity index (χ4n) is 2.34. The topological polar surface area (TPSA) is 100 Å². The van der Waals surface area contributed by atoms with Crippen molar-refractivity contribution in [3.05, 3.63) is 53.0 Å². The molecule has 0 radical (unpaired) electrons. The summed E-state index contributed by atoms with van der Waals surface area (Å²) in [5.74, 6) is 6.30. The molecule has 10 heteroatoms. The maximum Gasteiger partial charge on any atom is 0.226 e. The van der Waals surface area contributed by atoms with Crippen LogP contribution in [0.2, 0.25) is 0 Å². The Hall–Kier alpha value is -2.01. The zero-order chi connectivity index (χ0) is 17.3. The van der Waals surface area contributed by atoms with Crippen LogP contribution in [0.1, 0.15) is 0 Å². The molecule has 0 unspecified atom stereocenters. The van der Waals surface area contributed by atoms with Crippen LogP contribution in [0.4, 0.5) is 0 Å². The van der Waals surface area contributed by atoms with Crippen LogP contribution in [-0.4, -0.2) is 43.6 Å². The molecule has 0 aromatic heterocycles. The van der Waals surface area contributed by atoms with Crippen molar-refractivity contribution in [2.75, 3.05) is 20.0 Å². The molecule has 2 aliphatic heterocycles. The van der Waals surface area contributed by atoms with Gasteiger partial charge in [-0.25, -0.2) is 23.7 Å². The van der Waals surface area contributed by atoms with E-state index in [1.165, 1.54) is 28.5 Å². The lowest BCUT2D eigenvalue weighted by Gasteiger charge is -2.21. The molecule has 128 valence electrons. The third-order valence-electron chi connectivity index (χ3n) is 3.44. The Bertz CT molecular complexity index is 833. The lowest BCUT2D eigenvalue weighted by molar-refractivity contribution is 0.235. The minimum Gasteiger partial charge on any atom is -0.377 e. The fourth-order valence-corrected chi connectivity index (χ4v) is 4.71. The highest BCUT2D eigenvalue weighted by atomic mass is 32.2. The second-order valence-corrected chi connectivity index (χ2v) is 7.57. The maximum absolute atomic E-state index is 13.1. The minimum atomic E-state index is -3.75. The van der Waals surface area contributed by atoms with Gasteiger partial charge >= 0.3 is 0 Å². The average Bonchev–Trinajstić information content (AvgIpc) is 2.94. The number of hydrazine groups is 2. The summed E-state index contributed by atoms with van der Waals surface area (Å²) in [5, 5.41) is 1.39. The molecule has 8 nitrogen and oxygen atoms in total. The van der Waals surface area contributed by atoms with Gasteiger partial charge in [0.1, 0.15) is 23.8 Å². The summed E-state index contributed by atoms with van der Waals surface area (Å²) in [6.07, 6.45) is 3.36. The van der Waals surface area contributed by atoms with Gasteiger partial charge in [0, 0.05) is 13.4 Å². The molecule has 0 spiro atoms. The zero-order valence-electron chi connectivity index (χ0n) is 13.1. The maximum atomic E-state index is 13.1. The summed E-state index contributed by atoms with van der Waals surface area (Å²) in [4.78, 5) is 4.60. The first-order valence-corrected chi connectivity index (χ1v) is 9.63. The summed E-state index contributed by atoms with van der Waals surface area (Å²) in [6.45, 7) is 0.168. The van der Waals surface area contributed by atoms with Crippen LogP contribution >= 0.6 is 11.9 Å². The molecule has 2 aliphatic rings. The van der Waals surface area contributed by atoms with Crippen LogP contribution in [0.25, 0.3) is 0 Å². The van der Waals surface area contributed by atoms with E-state index >= 15 is 0 Å². The molecule has 0 bridgehead atoms. The Morgan fingerprint density at radius 2 is 2.04 bits per heavy atom. The van der Waals surface area contributed by atoms with Gasteiger partial charge in [0.2, 0.25) is 9.84 Å². The van der Waals surface area contributed by atoms with Crippen molar-refractivity contribution in [3.8, 4) is 0 Å². The normalized spacial score (nSPS) is 17.5. The summed E-state index contributed by atoms with van der Waals surface area (Å²) >= 11 is 1.23. The van der Waals surface area contributed by atoms with E-state index in [1.807, 2.05) is 0 Å². The molecule has 2 heterocycles. The van der Waals surface area contributed by atoms with Gasteiger partial charge in [-0.15, -0.1) is 0 Å². The van der Waals surface area contributed by atoms with E-state index < -0.39 is 9.84 Å². The van der Waals surface area contributed by atoms with E-state index in [0.717, 1.165) is 0 Å². The van der Waals surface area contributed by atoms with Crippen molar-refractivity contribution in [1.82, 2.24) is 14.8 Å². The fraction of sp³-hybridized carbons (Fsp3) is 0.214. The predicted molar refractivity (Wildman–Crippen MR) is 92.6 cm³/mol. The van der Waals surface area contributed by atoms with E-state index in [9.17, 15) is 8.42 Å². The van der Waals surface area contributed by atoms with Gasteiger partial charge in [0.05, 0.1) is 11.1 Å². The van der Waals surface area contributed by atoms with Crippen molar-refractivity contribution in [3.63, 3.8) is 0 Å². The number of fused-ring (bicyclic) bond motifs is 1. The highest BCUT2D eigenvalue weighted by Crippen LogP contribution is 2.37.